The van der Waals surface area contributed by atoms with Gasteiger partial charge in [-0.2, -0.15) is 0 Å². The summed E-state index contributed by atoms with van der Waals surface area (Å²) in [6.45, 7) is 13.5. The third kappa shape index (κ3) is 5.12. The van der Waals surface area contributed by atoms with Crippen molar-refractivity contribution < 1.29 is 9.47 Å². The summed E-state index contributed by atoms with van der Waals surface area (Å²) >= 11 is 0. The lowest BCUT2D eigenvalue weighted by Crippen LogP contribution is -2.31. The number of nitrogens with zero attached hydrogens (tertiary/aromatic N) is 1. The second-order valence-corrected chi connectivity index (χ2v) is 8.04. The van der Waals surface area contributed by atoms with E-state index < -0.39 is 0 Å². The number of hydrogen-bond acceptors (Lipinski definition) is 4. The van der Waals surface area contributed by atoms with E-state index in [1.165, 1.54) is 22.3 Å². The fourth-order valence-corrected chi connectivity index (χ4v) is 4.03. The number of methoxy groups -OCH3 is 1. The summed E-state index contributed by atoms with van der Waals surface area (Å²) in [7, 11) is 1.72. The number of ether oxygens (including phenoxy) is 2. The van der Waals surface area contributed by atoms with Crippen molar-refractivity contribution in [1.29, 1.82) is 0 Å². The maximum absolute atomic E-state index is 6.17. The van der Waals surface area contributed by atoms with Gasteiger partial charge in [0.05, 0.1) is 13.2 Å². The molecular weight excluding hydrogens is 360 g/mol. The van der Waals surface area contributed by atoms with Gasteiger partial charge in [-0.3, -0.25) is 0 Å². The third-order valence-electron chi connectivity index (χ3n) is 5.98. The number of hydrogen-bond donors (Lipinski definition) is 1. The fraction of sp³-hybridized carbons (Fsp3) is 0.520. The monoisotopic (exact) mass is 396 g/mol. The van der Waals surface area contributed by atoms with E-state index in [9.17, 15) is 0 Å². The molecule has 0 saturated carbocycles. The molecule has 2 aromatic carbocycles. The second-order valence-electron chi connectivity index (χ2n) is 8.04. The second kappa shape index (κ2) is 10.1. The van der Waals surface area contributed by atoms with Crippen molar-refractivity contribution in [3.63, 3.8) is 0 Å². The molecule has 0 saturated heterocycles. The zero-order valence-corrected chi connectivity index (χ0v) is 18.6. The average Bonchev–Trinajstić information content (AvgIpc) is 2.75. The van der Waals surface area contributed by atoms with Gasteiger partial charge in [-0.05, 0) is 59.8 Å². The number of likely N-dealkylation sites (N-methyl/N-ethyl adjacent to an activating group) is 1. The fourth-order valence-electron chi connectivity index (χ4n) is 4.03. The van der Waals surface area contributed by atoms with E-state index >= 15 is 0 Å². The highest BCUT2D eigenvalue weighted by Crippen LogP contribution is 2.37. The van der Waals surface area contributed by atoms with Crippen LogP contribution >= 0.6 is 0 Å². The summed E-state index contributed by atoms with van der Waals surface area (Å²) in [5, 5.41) is 3.69. The van der Waals surface area contributed by atoms with E-state index in [0.717, 1.165) is 44.1 Å². The van der Waals surface area contributed by atoms with Crippen molar-refractivity contribution in [2.45, 2.75) is 46.1 Å². The molecule has 1 atom stereocenters. The predicted octanol–water partition coefficient (Wildman–Crippen LogP) is 4.77. The van der Waals surface area contributed by atoms with E-state index in [4.69, 9.17) is 9.47 Å². The minimum Gasteiger partial charge on any atom is -0.493 e. The lowest BCUT2D eigenvalue weighted by Gasteiger charge is -2.29. The van der Waals surface area contributed by atoms with Crippen LogP contribution in [0, 0.1) is 0 Å². The first kappa shape index (κ1) is 21.7. The lowest BCUT2D eigenvalue weighted by atomic mass is 9.88. The summed E-state index contributed by atoms with van der Waals surface area (Å²) in [5.41, 5.74) is 5.32. The largest absolute Gasteiger partial charge is 0.493 e. The third-order valence-corrected chi connectivity index (χ3v) is 5.98. The van der Waals surface area contributed by atoms with Gasteiger partial charge in [-0.1, -0.05) is 52.0 Å². The normalized spacial score (nSPS) is 16.2. The van der Waals surface area contributed by atoms with Gasteiger partial charge < -0.3 is 19.7 Å². The molecule has 1 heterocycles. The zero-order valence-electron chi connectivity index (χ0n) is 18.6. The topological polar surface area (TPSA) is 33.7 Å². The van der Waals surface area contributed by atoms with Crippen LogP contribution < -0.4 is 14.8 Å². The molecule has 0 bridgehead atoms. The number of benzene rings is 2. The van der Waals surface area contributed by atoms with Crippen molar-refractivity contribution in [2.24, 2.45) is 0 Å². The Hall–Kier alpha value is -2.04. The molecule has 0 fully saturated rings. The highest BCUT2D eigenvalue weighted by Gasteiger charge is 2.24. The SMILES string of the molecule is CCN(CC)CCOc1cc2c(cc1OC)CCNC2c1ccc(C(C)C)cc1. The Kier molecular flexibility index (Phi) is 7.57. The molecule has 0 spiro atoms. The lowest BCUT2D eigenvalue weighted by molar-refractivity contribution is 0.217. The van der Waals surface area contributed by atoms with Crippen molar-refractivity contribution in [1.82, 2.24) is 10.2 Å². The Balaban J connectivity index is 1.85. The predicted molar refractivity (Wildman–Crippen MR) is 120 cm³/mol. The van der Waals surface area contributed by atoms with Crippen LogP contribution in [0.25, 0.3) is 0 Å². The van der Waals surface area contributed by atoms with Gasteiger partial charge in [0.1, 0.15) is 6.61 Å². The van der Waals surface area contributed by atoms with Crippen molar-refractivity contribution in [3.05, 3.63) is 58.7 Å². The summed E-state index contributed by atoms with van der Waals surface area (Å²) in [4.78, 5) is 2.37. The van der Waals surface area contributed by atoms with E-state index in [-0.39, 0.29) is 6.04 Å². The van der Waals surface area contributed by atoms with Gasteiger partial charge in [-0.15, -0.1) is 0 Å². The van der Waals surface area contributed by atoms with E-state index in [2.05, 4.69) is 74.3 Å². The van der Waals surface area contributed by atoms with Crippen molar-refractivity contribution in [2.75, 3.05) is 39.9 Å². The molecule has 29 heavy (non-hydrogen) atoms. The van der Waals surface area contributed by atoms with Crippen LogP contribution in [-0.4, -0.2) is 44.8 Å². The molecule has 4 nitrogen and oxygen atoms in total. The van der Waals surface area contributed by atoms with E-state index in [1.807, 2.05) is 0 Å². The van der Waals surface area contributed by atoms with Crippen LogP contribution in [0.2, 0.25) is 0 Å². The van der Waals surface area contributed by atoms with Crippen LogP contribution in [0.5, 0.6) is 11.5 Å². The maximum Gasteiger partial charge on any atom is 0.161 e. The maximum atomic E-state index is 6.17. The zero-order chi connectivity index (χ0) is 20.8. The average molecular weight is 397 g/mol. The molecule has 0 aromatic heterocycles. The molecule has 2 aromatic rings. The van der Waals surface area contributed by atoms with Gasteiger partial charge in [0.15, 0.2) is 11.5 Å². The molecule has 0 amide bonds. The molecule has 1 aliphatic rings. The Bertz CT molecular complexity index is 782. The van der Waals surface area contributed by atoms with Crippen LogP contribution in [0.4, 0.5) is 0 Å². The Morgan fingerprint density at radius 1 is 1.07 bits per heavy atom. The van der Waals surface area contributed by atoms with Crippen LogP contribution in [0.15, 0.2) is 36.4 Å². The Labute approximate surface area is 176 Å². The smallest absolute Gasteiger partial charge is 0.161 e. The molecule has 1 aliphatic heterocycles. The van der Waals surface area contributed by atoms with Crippen LogP contribution in [0.1, 0.15) is 61.9 Å². The summed E-state index contributed by atoms with van der Waals surface area (Å²) in [6, 6.07) is 13.6. The quantitative estimate of drug-likeness (QED) is 0.662. The highest BCUT2D eigenvalue weighted by atomic mass is 16.5. The van der Waals surface area contributed by atoms with Gasteiger partial charge in [0, 0.05) is 13.1 Å². The Morgan fingerprint density at radius 3 is 2.41 bits per heavy atom. The van der Waals surface area contributed by atoms with Crippen molar-refractivity contribution >= 4 is 0 Å². The van der Waals surface area contributed by atoms with Gasteiger partial charge in [0.2, 0.25) is 0 Å². The minimum absolute atomic E-state index is 0.191. The molecule has 0 aliphatic carbocycles. The number of fused-ring (bicyclic) bond motifs is 1. The molecule has 1 unspecified atom stereocenters. The van der Waals surface area contributed by atoms with E-state index in [1.54, 1.807) is 7.11 Å². The molecule has 3 rings (SSSR count). The molecule has 1 N–H and O–H groups in total. The highest BCUT2D eigenvalue weighted by molar-refractivity contribution is 5.51. The molecule has 4 heteroatoms. The van der Waals surface area contributed by atoms with Gasteiger partial charge in [0.25, 0.3) is 0 Å². The minimum atomic E-state index is 0.191. The number of nitrogens with one attached hydrogen (secondary N) is 1. The first-order chi connectivity index (χ1) is 14.1. The summed E-state index contributed by atoms with van der Waals surface area (Å²) in [5.74, 6) is 2.22. The number of rotatable bonds is 9. The molecule has 158 valence electrons. The first-order valence-corrected chi connectivity index (χ1v) is 11.0. The summed E-state index contributed by atoms with van der Waals surface area (Å²) in [6.07, 6.45) is 1.01. The van der Waals surface area contributed by atoms with Crippen LogP contribution in [0.3, 0.4) is 0 Å². The van der Waals surface area contributed by atoms with Crippen LogP contribution in [-0.2, 0) is 6.42 Å². The van der Waals surface area contributed by atoms with Crippen molar-refractivity contribution in [3.8, 4) is 11.5 Å². The van der Waals surface area contributed by atoms with Gasteiger partial charge >= 0.3 is 0 Å². The summed E-state index contributed by atoms with van der Waals surface area (Å²) < 4.78 is 11.8. The first-order valence-electron chi connectivity index (χ1n) is 11.0. The van der Waals surface area contributed by atoms with Gasteiger partial charge in [-0.25, -0.2) is 0 Å². The molecular formula is C25H36N2O2. The standard InChI is InChI=1S/C25H36N2O2/c1-6-27(7-2)14-15-29-24-17-22-21(16-23(24)28-5)12-13-26-25(22)20-10-8-19(9-11-20)18(3)4/h8-11,16-18,25-26H,6-7,12-15H2,1-5H3. The van der Waals surface area contributed by atoms with E-state index in [0.29, 0.717) is 12.5 Å². The Morgan fingerprint density at radius 2 is 1.79 bits per heavy atom. The molecule has 0 radical (unpaired) electrons.